The number of nitrogens with zero attached hydrogens (tertiary/aromatic N) is 3. The quantitative estimate of drug-likeness (QED) is 0.594. The molecule has 0 unspecified atom stereocenters. The third kappa shape index (κ3) is 5.24. The maximum Gasteiger partial charge on any atom is 0.223 e. The number of fused-ring (bicyclic) bond motifs is 1. The van der Waals surface area contributed by atoms with Crippen LogP contribution in [-0.4, -0.2) is 86.7 Å². The highest BCUT2D eigenvalue weighted by Gasteiger charge is 2.41. The Kier molecular flexibility index (Phi) is 8.02. The minimum Gasteiger partial charge on any atom is -0.493 e. The molecule has 0 saturated carbocycles. The lowest BCUT2D eigenvalue weighted by Gasteiger charge is -2.50. The highest BCUT2D eigenvalue weighted by molar-refractivity contribution is 5.77. The number of carbonyl (C=O) groups is 1. The van der Waals surface area contributed by atoms with E-state index in [1.807, 2.05) is 12.1 Å². The van der Waals surface area contributed by atoms with Gasteiger partial charge in [-0.25, -0.2) is 0 Å². The van der Waals surface area contributed by atoms with Crippen LogP contribution in [0.1, 0.15) is 51.0 Å². The molecule has 0 bridgehead atoms. The second kappa shape index (κ2) is 11.0. The average Bonchev–Trinajstić information content (AvgIpc) is 2.85. The van der Waals surface area contributed by atoms with Crippen LogP contribution in [0.2, 0.25) is 0 Å². The minimum absolute atomic E-state index is 0.270. The van der Waals surface area contributed by atoms with Gasteiger partial charge in [-0.3, -0.25) is 9.69 Å². The third-order valence-corrected chi connectivity index (χ3v) is 7.87. The van der Waals surface area contributed by atoms with Crippen molar-refractivity contribution in [3.63, 3.8) is 0 Å². The number of likely N-dealkylation sites (tertiary alicyclic amines) is 3. The molecule has 2 atom stereocenters. The summed E-state index contributed by atoms with van der Waals surface area (Å²) in [4.78, 5) is 20.5. The van der Waals surface area contributed by atoms with Crippen LogP contribution in [0.15, 0.2) is 12.1 Å². The highest BCUT2D eigenvalue weighted by atomic mass is 16.5. The number of methoxy groups -OCH3 is 3. The number of piperidine rings is 3. The van der Waals surface area contributed by atoms with Gasteiger partial charge in [0.25, 0.3) is 0 Å². The summed E-state index contributed by atoms with van der Waals surface area (Å²) in [5.41, 5.74) is 1.02. The molecule has 1 amide bonds. The molecule has 3 aliphatic rings. The van der Waals surface area contributed by atoms with Gasteiger partial charge in [0.15, 0.2) is 11.5 Å². The first-order valence-electron chi connectivity index (χ1n) is 12.6. The molecule has 0 aliphatic carbocycles. The summed E-state index contributed by atoms with van der Waals surface area (Å²) in [5, 5.41) is 0. The van der Waals surface area contributed by atoms with Crippen LogP contribution < -0.4 is 14.2 Å². The van der Waals surface area contributed by atoms with E-state index in [0.29, 0.717) is 48.2 Å². The number of ether oxygens (including phenoxy) is 3. The number of carbonyl (C=O) groups excluding carboxylic acids is 1. The van der Waals surface area contributed by atoms with E-state index in [0.717, 1.165) is 31.5 Å². The number of hydrogen-bond donors (Lipinski definition) is 0. The van der Waals surface area contributed by atoms with E-state index in [1.165, 1.54) is 38.9 Å². The first-order chi connectivity index (χ1) is 16.1. The van der Waals surface area contributed by atoms with E-state index in [4.69, 9.17) is 14.2 Å². The fraction of sp³-hybridized carbons (Fsp3) is 0.731. The molecule has 3 heterocycles. The summed E-state index contributed by atoms with van der Waals surface area (Å²) < 4.78 is 16.5. The maximum absolute atomic E-state index is 13.0. The molecule has 184 valence electrons. The van der Waals surface area contributed by atoms with Crippen molar-refractivity contribution < 1.29 is 19.0 Å². The van der Waals surface area contributed by atoms with Gasteiger partial charge in [-0.15, -0.1) is 0 Å². The van der Waals surface area contributed by atoms with Gasteiger partial charge in [-0.2, -0.15) is 0 Å². The Hall–Kier alpha value is -1.99. The number of hydrogen-bond acceptors (Lipinski definition) is 6. The van der Waals surface area contributed by atoms with Gasteiger partial charge in [0.05, 0.1) is 21.3 Å². The predicted octanol–water partition coefficient (Wildman–Crippen LogP) is 3.40. The summed E-state index contributed by atoms with van der Waals surface area (Å²) in [6.45, 7) is 8.77. The highest BCUT2D eigenvalue weighted by Crippen LogP contribution is 2.40. The van der Waals surface area contributed by atoms with E-state index in [1.54, 1.807) is 21.3 Å². The summed E-state index contributed by atoms with van der Waals surface area (Å²) in [7, 11) is 4.87. The van der Waals surface area contributed by atoms with Crippen molar-refractivity contribution in [2.24, 2.45) is 5.92 Å². The van der Waals surface area contributed by atoms with Gasteiger partial charge in [0.2, 0.25) is 11.7 Å². The summed E-state index contributed by atoms with van der Waals surface area (Å²) in [6, 6.07) is 4.97. The van der Waals surface area contributed by atoms with E-state index >= 15 is 0 Å². The standard InChI is InChI=1S/C26H41N3O4/c1-5-11-27-12-8-21(9-13-27)28-14-10-22-20(18-28)6-7-25(30)29(22)17-19-15-23(31-2)26(33-4)24(16-19)32-3/h15-16,20-22H,5-14,17-18H2,1-4H3/t20-,22+/m0/s1. The van der Waals surface area contributed by atoms with Crippen LogP contribution in [0.4, 0.5) is 0 Å². The predicted molar refractivity (Wildman–Crippen MR) is 129 cm³/mol. The molecule has 7 nitrogen and oxygen atoms in total. The second-order valence-electron chi connectivity index (χ2n) is 9.78. The summed E-state index contributed by atoms with van der Waals surface area (Å²) >= 11 is 0. The van der Waals surface area contributed by atoms with Crippen molar-refractivity contribution in [1.82, 2.24) is 14.7 Å². The number of benzene rings is 1. The van der Waals surface area contributed by atoms with Crippen LogP contribution in [0.25, 0.3) is 0 Å². The van der Waals surface area contributed by atoms with Crippen molar-refractivity contribution in [2.75, 3.05) is 54.1 Å². The summed E-state index contributed by atoms with van der Waals surface area (Å²) in [6.07, 6.45) is 6.54. The van der Waals surface area contributed by atoms with Gasteiger partial charge < -0.3 is 24.0 Å². The second-order valence-corrected chi connectivity index (χ2v) is 9.78. The zero-order valence-corrected chi connectivity index (χ0v) is 20.8. The summed E-state index contributed by atoms with van der Waals surface area (Å²) in [5.74, 6) is 2.69. The smallest absolute Gasteiger partial charge is 0.223 e. The number of rotatable bonds is 8. The third-order valence-electron chi connectivity index (χ3n) is 7.87. The van der Waals surface area contributed by atoms with Crippen LogP contribution in [0.3, 0.4) is 0 Å². The fourth-order valence-corrected chi connectivity index (χ4v) is 6.16. The Labute approximate surface area is 198 Å². The lowest BCUT2D eigenvalue weighted by Crippen LogP contribution is -2.58. The van der Waals surface area contributed by atoms with Gasteiger partial charge in [-0.05, 0) is 75.4 Å². The molecule has 3 saturated heterocycles. The molecule has 0 spiro atoms. The maximum atomic E-state index is 13.0. The van der Waals surface area contributed by atoms with Crippen molar-refractivity contribution in [1.29, 1.82) is 0 Å². The zero-order chi connectivity index (χ0) is 23.4. The van der Waals surface area contributed by atoms with Gasteiger partial charge in [-0.1, -0.05) is 6.92 Å². The molecule has 3 fully saturated rings. The molecule has 33 heavy (non-hydrogen) atoms. The Morgan fingerprint density at radius 1 is 0.939 bits per heavy atom. The Morgan fingerprint density at radius 3 is 2.24 bits per heavy atom. The van der Waals surface area contributed by atoms with Gasteiger partial charge in [0.1, 0.15) is 0 Å². The Balaban J connectivity index is 1.43. The molecule has 0 N–H and O–H groups in total. The van der Waals surface area contributed by atoms with Gasteiger partial charge >= 0.3 is 0 Å². The number of amides is 1. The molecule has 7 heteroatoms. The monoisotopic (exact) mass is 459 g/mol. The van der Waals surface area contributed by atoms with E-state index in [-0.39, 0.29) is 5.91 Å². The molecule has 1 aromatic rings. The molecular formula is C26H41N3O4. The Morgan fingerprint density at radius 2 is 1.64 bits per heavy atom. The van der Waals surface area contributed by atoms with Gasteiger partial charge in [0, 0.05) is 38.1 Å². The Bertz CT molecular complexity index is 784. The van der Waals surface area contributed by atoms with Crippen molar-refractivity contribution >= 4 is 5.91 Å². The molecular weight excluding hydrogens is 418 g/mol. The van der Waals surface area contributed by atoms with Crippen LogP contribution in [0, 0.1) is 5.92 Å². The minimum atomic E-state index is 0.270. The lowest BCUT2D eigenvalue weighted by molar-refractivity contribution is -0.142. The molecule has 1 aromatic carbocycles. The SMILES string of the molecule is CCCN1CCC(N2CC[C@@H]3[C@@H](CCC(=O)N3Cc3cc(OC)c(OC)c(OC)c3)C2)CC1. The van der Waals surface area contributed by atoms with Crippen LogP contribution in [0.5, 0.6) is 17.2 Å². The first-order valence-corrected chi connectivity index (χ1v) is 12.6. The normalized spacial score (nSPS) is 25.1. The van der Waals surface area contributed by atoms with E-state index < -0.39 is 0 Å². The fourth-order valence-electron chi connectivity index (χ4n) is 6.16. The van der Waals surface area contributed by atoms with Crippen LogP contribution in [-0.2, 0) is 11.3 Å². The largest absolute Gasteiger partial charge is 0.493 e. The van der Waals surface area contributed by atoms with E-state index in [2.05, 4.69) is 21.6 Å². The first kappa shape index (κ1) is 24.1. The van der Waals surface area contributed by atoms with Crippen molar-refractivity contribution in [2.45, 2.75) is 64.1 Å². The van der Waals surface area contributed by atoms with Crippen LogP contribution >= 0.6 is 0 Å². The molecule has 4 rings (SSSR count). The van der Waals surface area contributed by atoms with Crippen molar-refractivity contribution in [3.05, 3.63) is 17.7 Å². The van der Waals surface area contributed by atoms with Crippen molar-refractivity contribution in [3.8, 4) is 17.2 Å². The zero-order valence-electron chi connectivity index (χ0n) is 20.8. The lowest BCUT2D eigenvalue weighted by atomic mass is 9.82. The molecule has 0 aromatic heterocycles. The van der Waals surface area contributed by atoms with E-state index in [9.17, 15) is 4.79 Å². The average molecular weight is 460 g/mol. The molecule has 3 aliphatic heterocycles. The topological polar surface area (TPSA) is 54.5 Å². The molecule has 0 radical (unpaired) electrons.